The molecule has 0 aromatic heterocycles. The van der Waals surface area contributed by atoms with E-state index < -0.39 is 25.4 Å². The number of halogens is 5. The van der Waals surface area contributed by atoms with E-state index in [0.717, 1.165) is 12.1 Å². The number of rotatable bonds is 4. The molecule has 1 aromatic rings. The SMILES string of the molecule is Fc1cc(C#CCCl)cc(OCOCC(F)(F)F)c1. The highest BCUT2D eigenvalue weighted by Crippen LogP contribution is 2.17. The molecule has 104 valence electrons. The number of alkyl halides is 4. The van der Waals surface area contributed by atoms with Gasteiger partial charge in [-0.2, -0.15) is 13.2 Å². The zero-order valence-electron chi connectivity index (χ0n) is 9.56. The summed E-state index contributed by atoms with van der Waals surface area (Å²) in [6.07, 6.45) is -4.43. The van der Waals surface area contributed by atoms with Gasteiger partial charge in [0.25, 0.3) is 0 Å². The van der Waals surface area contributed by atoms with Crippen molar-refractivity contribution in [1.82, 2.24) is 0 Å². The average Bonchev–Trinajstić information content (AvgIpc) is 2.30. The first-order valence-corrected chi connectivity index (χ1v) is 5.57. The van der Waals surface area contributed by atoms with Gasteiger partial charge in [0.1, 0.15) is 18.2 Å². The summed E-state index contributed by atoms with van der Waals surface area (Å²) < 4.78 is 57.6. The van der Waals surface area contributed by atoms with E-state index in [1.165, 1.54) is 6.07 Å². The monoisotopic (exact) mass is 296 g/mol. The van der Waals surface area contributed by atoms with E-state index in [-0.39, 0.29) is 11.6 Å². The van der Waals surface area contributed by atoms with E-state index >= 15 is 0 Å². The molecule has 0 amide bonds. The molecule has 2 nitrogen and oxygen atoms in total. The van der Waals surface area contributed by atoms with Crippen molar-refractivity contribution in [2.24, 2.45) is 0 Å². The van der Waals surface area contributed by atoms with Crippen molar-refractivity contribution < 1.29 is 27.0 Å². The Balaban J connectivity index is 2.56. The molecule has 0 heterocycles. The number of benzene rings is 1. The molecule has 0 saturated heterocycles. The highest BCUT2D eigenvalue weighted by atomic mass is 35.5. The molecule has 0 saturated carbocycles. The molecule has 19 heavy (non-hydrogen) atoms. The lowest BCUT2D eigenvalue weighted by Crippen LogP contribution is -2.19. The van der Waals surface area contributed by atoms with Gasteiger partial charge < -0.3 is 9.47 Å². The third kappa shape index (κ3) is 6.89. The normalized spacial score (nSPS) is 10.8. The molecule has 0 aliphatic rings. The standard InChI is InChI=1S/C12H9ClF4O2/c13-3-1-2-9-4-10(14)6-11(5-9)19-8-18-7-12(15,16)17/h4-6H,3,7-8H2. The first-order valence-electron chi connectivity index (χ1n) is 5.03. The quantitative estimate of drug-likeness (QED) is 0.279. The Morgan fingerprint density at radius 2 is 1.95 bits per heavy atom. The van der Waals surface area contributed by atoms with E-state index in [4.69, 9.17) is 16.3 Å². The topological polar surface area (TPSA) is 18.5 Å². The van der Waals surface area contributed by atoms with Gasteiger partial charge in [0.15, 0.2) is 6.79 Å². The Bertz CT molecular complexity index is 477. The highest BCUT2D eigenvalue weighted by molar-refractivity contribution is 6.19. The smallest absolute Gasteiger partial charge is 0.411 e. The first kappa shape index (κ1) is 15.6. The van der Waals surface area contributed by atoms with Crippen LogP contribution >= 0.6 is 11.6 Å². The molecular formula is C12H9ClF4O2. The molecule has 0 bridgehead atoms. The Kier molecular flexibility index (Phi) is 5.93. The van der Waals surface area contributed by atoms with Crippen molar-refractivity contribution >= 4 is 11.6 Å². The minimum Gasteiger partial charge on any atom is -0.467 e. The number of hydrogen-bond acceptors (Lipinski definition) is 2. The van der Waals surface area contributed by atoms with Gasteiger partial charge in [-0.3, -0.25) is 0 Å². The Morgan fingerprint density at radius 3 is 2.58 bits per heavy atom. The van der Waals surface area contributed by atoms with Crippen LogP contribution in [-0.2, 0) is 4.74 Å². The van der Waals surface area contributed by atoms with Gasteiger partial charge in [0.2, 0.25) is 0 Å². The Morgan fingerprint density at radius 1 is 1.21 bits per heavy atom. The van der Waals surface area contributed by atoms with Gasteiger partial charge in [-0.05, 0) is 12.1 Å². The molecule has 0 aliphatic heterocycles. The van der Waals surface area contributed by atoms with Crippen LogP contribution < -0.4 is 4.74 Å². The summed E-state index contributed by atoms with van der Waals surface area (Å²) in [4.78, 5) is 0. The second kappa shape index (κ2) is 7.22. The molecule has 0 N–H and O–H groups in total. The van der Waals surface area contributed by atoms with Gasteiger partial charge >= 0.3 is 6.18 Å². The summed E-state index contributed by atoms with van der Waals surface area (Å²) in [7, 11) is 0. The molecule has 0 spiro atoms. The van der Waals surface area contributed by atoms with E-state index in [1.807, 2.05) is 0 Å². The minimum absolute atomic E-state index is 0.0287. The molecular weight excluding hydrogens is 288 g/mol. The lowest BCUT2D eigenvalue weighted by atomic mass is 10.2. The second-order valence-electron chi connectivity index (χ2n) is 3.34. The van der Waals surface area contributed by atoms with E-state index in [1.54, 1.807) is 0 Å². The van der Waals surface area contributed by atoms with Crippen LogP contribution in [0.4, 0.5) is 17.6 Å². The zero-order valence-corrected chi connectivity index (χ0v) is 10.3. The first-order chi connectivity index (χ1) is 8.90. The molecule has 0 unspecified atom stereocenters. The van der Waals surface area contributed by atoms with Gasteiger partial charge in [0.05, 0.1) is 5.88 Å². The molecule has 0 aliphatic carbocycles. The van der Waals surface area contributed by atoms with Crippen LogP contribution in [0.2, 0.25) is 0 Å². The lowest BCUT2D eigenvalue weighted by Gasteiger charge is -2.09. The second-order valence-corrected chi connectivity index (χ2v) is 3.60. The van der Waals surface area contributed by atoms with Crippen molar-refractivity contribution in [1.29, 1.82) is 0 Å². The van der Waals surface area contributed by atoms with Crippen molar-refractivity contribution in [2.45, 2.75) is 6.18 Å². The van der Waals surface area contributed by atoms with Crippen molar-refractivity contribution in [3.05, 3.63) is 29.6 Å². The van der Waals surface area contributed by atoms with E-state index in [2.05, 4.69) is 16.6 Å². The average molecular weight is 297 g/mol. The molecule has 1 rings (SSSR count). The van der Waals surface area contributed by atoms with Crippen LogP contribution in [0.5, 0.6) is 5.75 Å². The van der Waals surface area contributed by atoms with E-state index in [9.17, 15) is 17.6 Å². The molecule has 1 aromatic carbocycles. The summed E-state index contributed by atoms with van der Waals surface area (Å²) in [5, 5.41) is 0. The van der Waals surface area contributed by atoms with Crippen molar-refractivity contribution in [3.63, 3.8) is 0 Å². The van der Waals surface area contributed by atoms with Crippen molar-refractivity contribution in [3.8, 4) is 17.6 Å². The lowest BCUT2D eigenvalue weighted by molar-refractivity contribution is -0.186. The maximum atomic E-state index is 13.2. The van der Waals surface area contributed by atoms with Gasteiger partial charge in [-0.1, -0.05) is 11.8 Å². The number of hydrogen-bond donors (Lipinski definition) is 0. The molecule has 0 atom stereocenters. The van der Waals surface area contributed by atoms with Crippen LogP contribution in [0.1, 0.15) is 5.56 Å². The van der Waals surface area contributed by atoms with Crippen LogP contribution in [0.3, 0.4) is 0 Å². The van der Waals surface area contributed by atoms with Crippen LogP contribution in [0, 0.1) is 17.7 Å². The molecule has 0 radical (unpaired) electrons. The fraction of sp³-hybridized carbons (Fsp3) is 0.333. The highest BCUT2D eigenvalue weighted by Gasteiger charge is 2.27. The Hall–Kier alpha value is -1.45. The third-order valence-corrected chi connectivity index (χ3v) is 1.88. The minimum atomic E-state index is -4.43. The predicted octanol–water partition coefficient (Wildman–Crippen LogP) is 3.33. The summed E-state index contributed by atoms with van der Waals surface area (Å²) >= 11 is 5.35. The summed E-state index contributed by atoms with van der Waals surface area (Å²) in [5.41, 5.74) is 0.312. The van der Waals surface area contributed by atoms with Crippen LogP contribution in [-0.4, -0.2) is 25.5 Å². The van der Waals surface area contributed by atoms with Crippen LogP contribution in [0.25, 0.3) is 0 Å². The van der Waals surface area contributed by atoms with Crippen molar-refractivity contribution in [2.75, 3.05) is 19.3 Å². The molecule has 0 fully saturated rings. The van der Waals surface area contributed by atoms with Gasteiger partial charge in [0, 0.05) is 11.6 Å². The predicted molar refractivity (Wildman–Crippen MR) is 61.5 cm³/mol. The fourth-order valence-electron chi connectivity index (χ4n) is 1.12. The third-order valence-electron chi connectivity index (χ3n) is 1.75. The maximum Gasteiger partial charge on any atom is 0.411 e. The zero-order chi connectivity index (χ0) is 14.3. The largest absolute Gasteiger partial charge is 0.467 e. The van der Waals surface area contributed by atoms with Gasteiger partial charge in [-0.15, -0.1) is 11.6 Å². The van der Waals surface area contributed by atoms with Crippen LogP contribution in [0.15, 0.2) is 18.2 Å². The van der Waals surface area contributed by atoms with E-state index in [0.29, 0.717) is 5.56 Å². The number of ether oxygens (including phenoxy) is 2. The fourth-order valence-corrected chi connectivity index (χ4v) is 1.19. The Labute approximate surface area is 112 Å². The maximum absolute atomic E-state index is 13.2. The summed E-state index contributed by atoms with van der Waals surface area (Å²) in [5.74, 6) is 4.58. The summed E-state index contributed by atoms with van der Waals surface area (Å²) in [6, 6.07) is 3.55. The molecule has 7 heteroatoms. The van der Waals surface area contributed by atoms with Gasteiger partial charge in [-0.25, -0.2) is 4.39 Å². The summed E-state index contributed by atoms with van der Waals surface area (Å²) in [6.45, 7) is -2.06.